The predicted molar refractivity (Wildman–Crippen MR) is 120 cm³/mol. The van der Waals surface area contributed by atoms with Gasteiger partial charge in [0.05, 0.1) is 12.1 Å². The van der Waals surface area contributed by atoms with Crippen molar-refractivity contribution in [3.05, 3.63) is 105 Å². The highest BCUT2D eigenvalue weighted by atomic mass is 19.1. The zero-order chi connectivity index (χ0) is 23.5. The zero-order valence-electron chi connectivity index (χ0n) is 18.3. The van der Waals surface area contributed by atoms with Crippen molar-refractivity contribution < 1.29 is 18.4 Å². The zero-order valence-corrected chi connectivity index (χ0v) is 18.3. The quantitative estimate of drug-likeness (QED) is 0.547. The van der Waals surface area contributed by atoms with Crippen LogP contribution in [0.25, 0.3) is 0 Å². The minimum Gasteiger partial charge on any atom is -0.338 e. The van der Waals surface area contributed by atoms with Crippen LogP contribution in [0.4, 0.5) is 8.78 Å². The van der Waals surface area contributed by atoms with Crippen molar-refractivity contribution in [1.29, 1.82) is 0 Å². The van der Waals surface area contributed by atoms with Gasteiger partial charge in [0.2, 0.25) is 0 Å². The number of hydrogen-bond donors (Lipinski definition) is 0. The van der Waals surface area contributed by atoms with E-state index < -0.39 is 23.3 Å². The molecule has 0 N–H and O–H groups in total. The summed E-state index contributed by atoms with van der Waals surface area (Å²) in [6.07, 6.45) is 2.30. The molecule has 1 aliphatic rings. The maximum Gasteiger partial charge on any atom is 0.263 e. The Balaban J connectivity index is 1.45. The van der Waals surface area contributed by atoms with E-state index in [1.165, 1.54) is 10.6 Å². The first-order chi connectivity index (χ1) is 15.8. The molecule has 0 bridgehead atoms. The number of ketones is 1. The van der Waals surface area contributed by atoms with Crippen molar-refractivity contribution in [1.82, 2.24) is 9.47 Å². The topological polar surface area (TPSA) is 59.4 Å². The molecule has 1 fully saturated rings. The Labute approximate surface area is 190 Å². The predicted octanol–water partition coefficient (Wildman–Crippen LogP) is 4.22. The van der Waals surface area contributed by atoms with Gasteiger partial charge in [-0.05, 0) is 55.7 Å². The Kier molecular flexibility index (Phi) is 6.49. The molecule has 0 atom stereocenters. The van der Waals surface area contributed by atoms with Crippen LogP contribution in [0.15, 0.2) is 65.6 Å². The molecular weight excluding hydrogens is 426 g/mol. The summed E-state index contributed by atoms with van der Waals surface area (Å²) in [5, 5.41) is 0. The van der Waals surface area contributed by atoms with Crippen molar-refractivity contribution in [2.24, 2.45) is 5.92 Å². The number of amides is 1. The fraction of sp³-hybridized carbons (Fsp3) is 0.269. The number of likely N-dealkylation sites (tertiary alicyclic amines) is 1. The Hall–Kier alpha value is -3.61. The van der Waals surface area contributed by atoms with Crippen LogP contribution in [-0.4, -0.2) is 34.2 Å². The molecule has 2 heterocycles. The second-order valence-corrected chi connectivity index (χ2v) is 8.40. The number of carbonyl (C=O) groups excluding carboxylic acids is 2. The molecule has 2 aromatic carbocycles. The van der Waals surface area contributed by atoms with Crippen LogP contribution in [0.3, 0.4) is 0 Å². The summed E-state index contributed by atoms with van der Waals surface area (Å²) in [5.41, 5.74) is 1.49. The van der Waals surface area contributed by atoms with E-state index in [9.17, 15) is 23.2 Å². The number of halogens is 2. The van der Waals surface area contributed by atoms with Crippen LogP contribution in [0.2, 0.25) is 0 Å². The largest absolute Gasteiger partial charge is 0.338 e. The van der Waals surface area contributed by atoms with Crippen molar-refractivity contribution in [2.75, 3.05) is 13.1 Å². The molecule has 7 heteroatoms. The van der Waals surface area contributed by atoms with Gasteiger partial charge in [0, 0.05) is 25.2 Å². The molecule has 0 spiro atoms. The Bertz CT molecular complexity index is 1260. The van der Waals surface area contributed by atoms with Crippen LogP contribution in [0, 0.1) is 24.5 Å². The van der Waals surface area contributed by atoms with Gasteiger partial charge in [-0.2, -0.15) is 0 Å². The van der Waals surface area contributed by atoms with E-state index in [2.05, 4.69) is 0 Å². The van der Waals surface area contributed by atoms with E-state index >= 15 is 0 Å². The van der Waals surface area contributed by atoms with Crippen molar-refractivity contribution in [2.45, 2.75) is 26.3 Å². The van der Waals surface area contributed by atoms with Gasteiger partial charge in [-0.25, -0.2) is 8.78 Å². The Morgan fingerprint density at radius 3 is 2.45 bits per heavy atom. The van der Waals surface area contributed by atoms with E-state index in [0.29, 0.717) is 19.4 Å². The van der Waals surface area contributed by atoms with Crippen LogP contribution >= 0.6 is 0 Å². The normalized spacial score (nSPS) is 14.3. The number of rotatable bonds is 5. The first-order valence-corrected chi connectivity index (χ1v) is 10.9. The molecule has 1 amide bonds. The molecule has 3 aromatic rings. The lowest BCUT2D eigenvalue weighted by molar-refractivity contribution is 0.0647. The molecule has 0 unspecified atom stereocenters. The summed E-state index contributed by atoms with van der Waals surface area (Å²) in [6.45, 7) is 2.86. The van der Waals surface area contributed by atoms with Gasteiger partial charge in [-0.3, -0.25) is 14.4 Å². The number of Topliss-reactive ketones (excluding diaryl/α,β-unsaturated/α-hetero) is 1. The van der Waals surface area contributed by atoms with Gasteiger partial charge < -0.3 is 9.47 Å². The second-order valence-electron chi connectivity index (χ2n) is 8.40. The molecular formula is C26H24F2N2O3. The molecule has 170 valence electrons. The third kappa shape index (κ3) is 4.92. The van der Waals surface area contributed by atoms with E-state index in [-0.39, 0.29) is 35.7 Å². The average molecular weight is 450 g/mol. The lowest BCUT2D eigenvalue weighted by Crippen LogP contribution is -2.42. The third-order valence-electron chi connectivity index (χ3n) is 6.03. The fourth-order valence-corrected chi connectivity index (χ4v) is 4.25. The standard InChI is InChI=1S/C26H24F2N2O3/c1-17-4-2-5-18(14-17)16-30-11-3-6-21(26(30)33)25(32)29-12-9-19(10-13-29)24(31)22-15-20(27)7-8-23(22)28/h2-8,11,14-15,19H,9-10,12-13,16H2,1H3. The minimum atomic E-state index is -0.752. The van der Waals surface area contributed by atoms with Crippen LogP contribution in [-0.2, 0) is 6.54 Å². The number of pyridine rings is 1. The summed E-state index contributed by atoms with van der Waals surface area (Å²) in [5.74, 6) is -2.77. The smallest absolute Gasteiger partial charge is 0.263 e. The summed E-state index contributed by atoms with van der Waals surface area (Å²) in [7, 11) is 0. The first-order valence-electron chi connectivity index (χ1n) is 10.9. The van der Waals surface area contributed by atoms with Gasteiger partial charge in [-0.1, -0.05) is 29.8 Å². The summed E-state index contributed by atoms with van der Waals surface area (Å²) in [6, 6.07) is 13.8. The number of nitrogens with zero attached hydrogens (tertiary/aromatic N) is 2. The first kappa shape index (κ1) is 22.6. The number of carbonyl (C=O) groups is 2. The van der Waals surface area contributed by atoms with Crippen molar-refractivity contribution in [3.63, 3.8) is 0 Å². The maximum atomic E-state index is 14.0. The maximum absolute atomic E-state index is 14.0. The molecule has 1 saturated heterocycles. The molecule has 5 nitrogen and oxygen atoms in total. The molecule has 1 aromatic heterocycles. The van der Waals surface area contributed by atoms with Gasteiger partial charge in [0.25, 0.3) is 11.5 Å². The lowest BCUT2D eigenvalue weighted by atomic mass is 9.88. The minimum absolute atomic E-state index is 0.0751. The van der Waals surface area contributed by atoms with Crippen molar-refractivity contribution in [3.8, 4) is 0 Å². The summed E-state index contributed by atoms with van der Waals surface area (Å²) in [4.78, 5) is 40.2. The van der Waals surface area contributed by atoms with E-state index in [4.69, 9.17) is 0 Å². The van der Waals surface area contributed by atoms with Gasteiger partial charge >= 0.3 is 0 Å². The van der Waals surface area contributed by atoms with Crippen LogP contribution in [0.5, 0.6) is 0 Å². The van der Waals surface area contributed by atoms with Gasteiger partial charge in [0.1, 0.15) is 17.2 Å². The van der Waals surface area contributed by atoms with E-state index in [0.717, 1.165) is 29.3 Å². The van der Waals surface area contributed by atoms with Crippen molar-refractivity contribution >= 4 is 11.7 Å². The van der Waals surface area contributed by atoms with E-state index in [1.807, 2.05) is 31.2 Å². The summed E-state index contributed by atoms with van der Waals surface area (Å²) < 4.78 is 28.9. The average Bonchev–Trinajstić information content (AvgIpc) is 2.81. The number of benzene rings is 2. The highest BCUT2D eigenvalue weighted by Gasteiger charge is 2.30. The Morgan fingerprint density at radius 1 is 0.970 bits per heavy atom. The fourth-order valence-electron chi connectivity index (χ4n) is 4.25. The molecule has 0 radical (unpaired) electrons. The second kappa shape index (κ2) is 9.48. The molecule has 0 saturated carbocycles. The number of piperidine rings is 1. The van der Waals surface area contributed by atoms with E-state index in [1.54, 1.807) is 17.2 Å². The molecule has 0 aliphatic carbocycles. The van der Waals surface area contributed by atoms with Crippen LogP contribution in [0.1, 0.15) is 44.7 Å². The van der Waals surface area contributed by atoms with Gasteiger partial charge in [0.15, 0.2) is 5.78 Å². The molecule has 4 rings (SSSR count). The number of aromatic nitrogens is 1. The molecule has 33 heavy (non-hydrogen) atoms. The summed E-state index contributed by atoms with van der Waals surface area (Å²) >= 11 is 0. The highest BCUT2D eigenvalue weighted by molar-refractivity contribution is 5.98. The van der Waals surface area contributed by atoms with Gasteiger partial charge in [-0.15, -0.1) is 0 Å². The highest BCUT2D eigenvalue weighted by Crippen LogP contribution is 2.24. The SMILES string of the molecule is Cc1cccc(Cn2cccc(C(=O)N3CCC(C(=O)c4cc(F)ccc4F)CC3)c2=O)c1. The molecule has 1 aliphatic heterocycles. The number of aryl methyl sites for hydroxylation is 1. The monoisotopic (exact) mass is 450 g/mol. The number of hydrogen-bond acceptors (Lipinski definition) is 3. The Morgan fingerprint density at radius 2 is 1.73 bits per heavy atom. The third-order valence-corrected chi connectivity index (χ3v) is 6.03. The van der Waals surface area contributed by atoms with Crippen LogP contribution < -0.4 is 5.56 Å². The lowest BCUT2D eigenvalue weighted by Gasteiger charge is -2.31.